The predicted molar refractivity (Wildman–Crippen MR) is 104 cm³/mol. The van der Waals surface area contributed by atoms with Crippen molar-refractivity contribution in [1.29, 1.82) is 0 Å². The van der Waals surface area contributed by atoms with Crippen LogP contribution in [0.2, 0.25) is 0 Å². The lowest BCUT2D eigenvalue weighted by atomic mass is 10.1. The Hall–Kier alpha value is -3.54. The van der Waals surface area contributed by atoms with Gasteiger partial charge in [0.1, 0.15) is 17.8 Å². The third-order valence-electron chi connectivity index (χ3n) is 4.01. The van der Waals surface area contributed by atoms with Crippen LogP contribution < -0.4 is 10.6 Å². The second-order valence-electron chi connectivity index (χ2n) is 6.22. The Labute approximate surface area is 157 Å². The van der Waals surface area contributed by atoms with Crippen LogP contribution in [0.5, 0.6) is 0 Å². The zero-order valence-corrected chi connectivity index (χ0v) is 15.2. The SMILES string of the molecule is CC(=O)c1cccc(Nc2cc(C(=O)NCc3ccc(C)cc3)ncn2)c1. The van der Waals surface area contributed by atoms with Gasteiger partial charge in [0.15, 0.2) is 5.78 Å². The summed E-state index contributed by atoms with van der Waals surface area (Å²) in [5, 5.41) is 5.94. The molecule has 3 aromatic rings. The molecule has 0 saturated heterocycles. The number of Topliss-reactive ketones (excluding diaryl/α,β-unsaturated/α-hetero) is 1. The summed E-state index contributed by atoms with van der Waals surface area (Å²) in [6.45, 7) is 3.96. The molecule has 1 amide bonds. The van der Waals surface area contributed by atoms with Gasteiger partial charge < -0.3 is 10.6 Å². The van der Waals surface area contributed by atoms with Crippen LogP contribution >= 0.6 is 0 Å². The van der Waals surface area contributed by atoms with Crippen LogP contribution in [0.4, 0.5) is 11.5 Å². The monoisotopic (exact) mass is 360 g/mol. The first-order chi connectivity index (χ1) is 13.0. The number of anilines is 2. The molecule has 0 spiro atoms. The number of aromatic nitrogens is 2. The fourth-order valence-corrected chi connectivity index (χ4v) is 2.49. The minimum atomic E-state index is -0.279. The standard InChI is InChI=1S/C21H20N4O2/c1-14-6-8-16(9-7-14)12-22-21(27)19-11-20(24-13-23-19)25-18-5-3-4-17(10-18)15(2)26/h3-11,13H,12H2,1-2H3,(H,22,27)(H,23,24,25). The molecule has 0 aliphatic rings. The summed E-state index contributed by atoms with van der Waals surface area (Å²) in [6.07, 6.45) is 1.33. The van der Waals surface area contributed by atoms with Crippen LogP contribution in [0, 0.1) is 6.92 Å². The third kappa shape index (κ3) is 4.98. The van der Waals surface area contributed by atoms with Crippen molar-refractivity contribution in [2.45, 2.75) is 20.4 Å². The van der Waals surface area contributed by atoms with Gasteiger partial charge in [0.2, 0.25) is 0 Å². The van der Waals surface area contributed by atoms with E-state index < -0.39 is 0 Å². The lowest BCUT2D eigenvalue weighted by Crippen LogP contribution is -2.24. The van der Waals surface area contributed by atoms with Gasteiger partial charge in [-0.25, -0.2) is 9.97 Å². The minimum absolute atomic E-state index is 0.0162. The molecule has 0 atom stereocenters. The Kier molecular flexibility index (Phi) is 5.56. The maximum Gasteiger partial charge on any atom is 0.270 e. The van der Waals surface area contributed by atoms with E-state index in [2.05, 4.69) is 20.6 Å². The molecule has 3 rings (SSSR count). The van der Waals surface area contributed by atoms with Crippen LogP contribution in [0.25, 0.3) is 0 Å². The van der Waals surface area contributed by atoms with Gasteiger partial charge in [-0.05, 0) is 31.5 Å². The van der Waals surface area contributed by atoms with Crippen molar-refractivity contribution in [3.05, 3.63) is 83.3 Å². The molecule has 0 fully saturated rings. The lowest BCUT2D eigenvalue weighted by molar-refractivity contribution is 0.0945. The Morgan fingerprint density at radius 1 is 1.00 bits per heavy atom. The van der Waals surface area contributed by atoms with Gasteiger partial charge in [-0.3, -0.25) is 9.59 Å². The zero-order valence-electron chi connectivity index (χ0n) is 15.2. The predicted octanol–water partition coefficient (Wildman–Crippen LogP) is 3.66. The van der Waals surface area contributed by atoms with Crippen LogP contribution in [-0.4, -0.2) is 21.7 Å². The molecule has 6 nitrogen and oxygen atoms in total. The third-order valence-corrected chi connectivity index (χ3v) is 4.01. The molecule has 1 aromatic heterocycles. The van der Waals surface area contributed by atoms with Gasteiger partial charge in [-0.1, -0.05) is 42.0 Å². The normalized spacial score (nSPS) is 10.3. The van der Waals surface area contributed by atoms with E-state index in [-0.39, 0.29) is 17.4 Å². The van der Waals surface area contributed by atoms with E-state index in [0.29, 0.717) is 23.6 Å². The highest BCUT2D eigenvalue weighted by molar-refractivity contribution is 5.95. The molecule has 0 aliphatic heterocycles. The second kappa shape index (κ2) is 8.23. The molecular weight excluding hydrogens is 340 g/mol. The topological polar surface area (TPSA) is 84.0 Å². The van der Waals surface area contributed by atoms with Crippen LogP contribution in [0.15, 0.2) is 60.9 Å². The first kappa shape index (κ1) is 18.3. The number of rotatable bonds is 6. The van der Waals surface area contributed by atoms with Crippen molar-refractivity contribution < 1.29 is 9.59 Å². The largest absolute Gasteiger partial charge is 0.347 e. The fraction of sp³-hybridized carbons (Fsp3) is 0.143. The number of benzene rings is 2. The number of ketones is 1. The molecule has 2 N–H and O–H groups in total. The van der Waals surface area contributed by atoms with Crippen molar-refractivity contribution in [3.63, 3.8) is 0 Å². The van der Waals surface area contributed by atoms with Crippen molar-refractivity contribution in [2.24, 2.45) is 0 Å². The summed E-state index contributed by atoms with van der Waals surface area (Å²) in [4.78, 5) is 32.0. The quantitative estimate of drug-likeness (QED) is 0.656. The van der Waals surface area contributed by atoms with Gasteiger partial charge in [0, 0.05) is 23.9 Å². The van der Waals surface area contributed by atoms with Crippen molar-refractivity contribution in [3.8, 4) is 0 Å². The first-order valence-electron chi connectivity index (χ1n) is 8.55. The fourth-order valence-electron chi connectivity index (χ4n) is 2.49. The van der Waals surface area contributed by atoms with Gasteiger partial charge in [-0.2, -0.15) is 0 Å². The van der Waals surface area contributed by atoms with Gasteiger partial charge in [-0.15, -0.1) is 0 Å². The van der Waals surface area contributed by atoms with Crippen LogP contribution in [-0.2, 0) is 6.54 Å². The number of nitrogens with one attached hydrogen (secondary N) is 2. The van der Waals surface area contributed by atoms with Gasteiger partial charge in [0.05, 0.1) is 0 Å². The maximum absolute atomic E-state index is 12.4. The Balaban J connectivity index is 1.67. The van der Waals surface area contributed by atoms with Gasteiger partial charge in [0.25, 0.3) is 5.91 Å². The molecule has 0 saturated carbocycles. The van der Waals surface area contributed by atoms with E-state index >= 15 is 0 Å². The van der Waals surface area contributed by atoms with E-state index in [0.717, 1.165) is 5.56 Å². The summed E-state index contributed by atoms with van der Waals surface area (Å²) < 4.78 is 0. The smallest absolute Gasteiger partial charge is 0.270 e. The van der Waals surface area contributed by atoms with Crippen LogP contribution in [0.3, 0.4) is 0 Å². The molecule has 0 radical (unpaired) electrons. The zero-order chi connectivity index (χ0) is 19.2. The van der Waals surface area contributed by atoms with E-state index in [9.17, 15) is 9.59 Å². The summed E-state index contributed by atoms with van der Waals surface area (Å²) in [6, 6.07) is 16.6. The molecule has 27 heavy (non-hydrogen) atoms. The van der Waals surface area contributed by atoms with E-state index in [4.69, 9.17) is 0 Å². The number of hydrogen-bond donors (Lipinski definition) is 2. The summed E-state index contributed by atoms with van der Waals surface area (Å²) in [5.41, 5.74) is 3.77. The lowest BCUT2D eigenvalue weighted by Gasteiger charge is -2.09. The summed E-state index contributed by atoms with van der Waals surface area (Å²) in [5.74, 6) is 0.183. The van der Waals surface area contributed by atoms with E-state index in [1.165, 1.54) is 18.8 Å². The molecule has 0 bridgehead atoms. The molecular formula is C21H20N4O2. The number of hydrogen-bond acceptors (Lipinski definition) is 5. The van der Waals surface area contributed by atoms with E-state index in [1.807, 2.05) is 37.3 Å². The average molecular weight is 360 g/mol. The highest BCUT2D eigenvalue weighted by Gasteiger charge is 2.09. The highest BCUT2D eigenvalue weighted by Crippen LogP contribution is 2.16. The molecule has 2 aromatic carbocycles. The molecule has 1 heterocycles. The number of carbonyl (C=O) groups is 2. The maximum atomic E-state index is 12.4. The first-order valence-corrected chi connectivity index (χ1v) is 8.55. The number of aryl methyl sites for hydroxylation is 1. The number of nitrogens with zero attached hydrogens (tertiary/aromatic N) is 2. The Morgan fingerprint density at radius 2 is 1.78 bits per heavy atom. The van der Waals surface area contributed by atoms with E-state index in [1.54, 1.807) is 24.3 Å². The molecule has 0 unspecified atom stereocenters. The highest BCUT2D eigenvalue weighted by atomic mass is 16.1. The van der Waals surface area contributed by atoms with Crippen molar-refractivity contribution in [1.82, 2.24) is 15.3 Å². The molecule has 136 valence electrons. The van der Waals surface area contributed by atoms with Crippen molar-refractivity contribution >= 4 is 23.2 Å². The molecule has 0 aliphatic carbocycles. The molecule has 6 heteroatoms. The minimum Gasteiger partial charge on any atom is -0.347 e. The van der Waals surface area contributed by atoms with Crippen LogP contribution in [0.1, 0.15) is 38.9 Å². The average Bonchev–Trinajstić information content (AvgIpc) is 2.67. The second-order valence-corrected chi connectivity index (χ2v) is 6.22. The van der Waals surface area contributed by atoms with Crippen molar-refractivity contribution in [2.75, 3.05) is 5.32 Å². The van der Waals surface area contributed by atoms with Gasteiger partial charge >= 0.3 is 0 Å². The Bertz CT molecular complexity index is 968. The Morgan fingerprint density at radius 3 is 2.52 bits per heavy atom. The summed E-state index contributed by atoms with van der Waals surface area (Å²) >= 11 is 0. The number of carbonyl (C=O) groups excluding carboxylic acids is 2. The number of amides is 1. The summed E-state index contributed by atoms with van der Waals surface area (Å²) in [7, 11) is 0.